The highest BCUT2D eigenvalue weighted by Crippen LogP contribution is 2.17. The Hall–Kier alpha value is -0.870. The van der Waals surface area contributed by atoms with Gasteiger partial charge in [0.2, 0.25) is 0 Å². The van der Waals surface area contributed by atoms with Crippen LogP contribution >= 0.6 is 0 Å². The van der Waals surface area contributed by atoms with Crippen molar-refractivity contribution in [2.45, 2.75) is 25.0 Å². The van der Waals surface area contributed by atoms with Gasteiger partial charge in [0.1, 0.15) is 6.17 Å². The van der Waals surface area contributed by atoms with Gasteiger partial charge in [-0.2, -0.15) is 0 Å². The van der Waals surface area contributed by atoms with E-state index >= 15 is 0 Å². The van der Waals surface area contributed by atoms with E-state index < -0.39 is 0 Å². The van der Waals surface area contributed by atoms with Crippen LogP contribution in [0.25, 0.3) is 0 Å². The zero-order valence-corrected chi connectivity index (χ0v) is 9.56. The Morgan fingerprint density at radius 2 is 2.33 bits per heavy atom. The summed E-state index contributed by atoms with van der Waals surface area (Å²) in [5, 5.41) is 2.98. The van der Waals surface area contributed by atoms with Crippen molar-refractivity contribution in [2.24, 2.45) is 4.99 Å². The maximum absolute atomic E-state index is 4.43. The number of likely N-dealkylation sites (N-methyl/N-ethyl adjacent to an activating group) is 1. The number of nitrogens with zero attached hydrogens (tertiary/aromatic N) is 3. The molecule has 0 amide bonds. The van der Waals surface area contributed by atoms with E-state index in [1.807, 2.05) is 6.20 Å². The van der Waals surface area contributed by atoms with Gasteiger partial charge in [0.25, 0.3) is 0 Å². The SMILES string of the molecule is CN(C)C1CCCN(C2C=CNC=N2)C1. The van der Waals surface area contributed by atoms with Gasteiger partial charge >= 0.3 is 0 Å². The van der Waals surface area contributed by atoms with E-state index in [-0.39, 0.29) is 6.17 Å². The summed E-state index contributed by atoms with van der Waals surface area (Å²) in [6.45, 7) is 2.29. The number of hydrogen-bond acceptors (Lipinski definition) is 4. The maximum atomic E-state index is 4.43. The van der Waals surface area contributed by atoms with Gasteiger partial charge in [-0.1, -0.05) is 0 Å². The lowest BCUT2D eigenvalue weighted by molar-refractivity contribution is 0.114. The minimum atomic E-state index is 0.244. The first-order chi connectivity index (χ1) is 7.27. The fourth-order valence-corrected chi connectivity index (χ4v) is 2.21. The molecule has 2 aliphatic rings. The van der Waals surface area contributed by atoms with E-state index in [0.29, 0.717) is 6.04 Å². The van der Waals surface area contributed by atoms with Crippen LogP contribution in [0.1, 0.15) is 12.8 Å². The van der Waals surface area contributed by atoms with Gasteiger partial charge in [0, 0.05) is 25.3 Å². The molecule has 0 aliphatic carbocycles. The molecule has 0 saturated carbocycles. The predicted molar refractivity (Wildman–Crippen MR) is 62.8 cm³/mol. The predicted octanol–water partition coefficient (Wildman–Crippen LogP) is 0.484. The third-order valence-electron chi connectivity index (χ3n) is 3.20. The Morgan fingerprint density at radius 3 is 3.00 bits per heavy atom. The van der Waals surface area contributed by atoms with Gasteiger partial charge in [-0.25, -0.2) is 0 Å². The summed E-state index contributed by atoms with van der Waals surface area (Å²) in [4.78, 5) is 9.20. The zero-order chi connectivity index (χ0) is 10.7. The van der Waals surface area contributed by atoms with Crippen molar-refractivity contribution in [3.63, 3.8) is 0 Å². The number of likely N-dealkylation sites (tertiary alicyclic amines) is 1. The summed E-state index contributed by atoms with van der Waals surface area (Å²) < 4.78 is 0. The Bertz CT molecular complexity index is 247. The van der Waals surface area contributed by atoms with Crippen molar-refractivity contribution in [1.82, 2.24) is 15.1 Å². The molecule has 2 rings (SSSR count). The average molecular weight is 208 g/mol. The molecule has 0 radical (unpaired) electrons. The fraction of sp³-hybridized carbons (Fsp3) is 0.727. The molecule has 0 aromatic heterocycles. The lowest BCUT2D eigenvalue weighted by Gasteiger charge is -2.38. The standard InChI is InChI=1S/C11H20N4/c1-14(2)10-4-3-7-15(8-10)11-5-6-12-9-13-11/h5-6,9-11H,3-4,7-8H2,1-2H3,(H,12,13). The van der Waals surface area contributed by atoms with Gasteiger partial charge in [0.05, 0.1) is 6.34 Å². The molecule has 2 atom stereocenters. The van der Waals surface area contributed by atoms with E-state index in [0.717, 1.165) is 13.1 Å². The van der Waals surface area contributed by atoms with Crippen LogP contribution in [0.5, 0.6) is 0 Å². The minimum absolute atomic E-state index is 0.244. The summed E-state index contributed by atoms with van der Waals surface area (Å²) >= 11 is 0. The molecule has 4 nitrogen and oxygen atoms in total. The van der Waals surface area contributed by atoms with Crippen molar-refractivity contribution in [2.75, 3.05) is 27.2 Å². The van der Waals surface area contributed by atoms with Crippen molar-refractivity contribution in [3.05, 3.63) is 12.3 Å². The Kier molecular flexibility index (Phi) is 3.38. The second kappa shape index (κ2) is 4.77. The monoisotopic (exact) mass is 208 g/mol. The quantitative estimate of drug-likeness (QED) is 0.716. The first-order valence-electron chi connectivity index (χ1n) is 5.62. The van der Waals surface area contributed by atoms with Crippen molar-refractivity contribution in [1.29, 1.82) is 0 Å². The number of nitrogens with one attached hydrogen (secondary N) is 1. The smallest absolute Gasteiger partial charge is 0.124 e. The highest BCUT2D eigenvalue weighted by atomic mass is 15.3. The highest BCUT2D eigenvalue weighted by molar-refractivity contribution is 5.57. The minimum Gasteiger partial charge on any atom is -0.353 e. The van der Waals surface area contributed by atoms with E-state index in [9.17, 15) is 0 Å². The molecule has 0 spiro atoms. The Balaban J connectivity index is 1.94. The largest absolute Gasteiger partial charge is 0.353 e. The fourth-order valence-electron chi connectivity index (χ4n) is 2.21. The molecule has 84 valence electrons. The topological polar surface area (TPSA) is 30.9 Å². The number of piperidine rings is 1. The highest BCUT2D eigenvalue weighted by Gasteiger charge is 2.25. The van der Waals surface area contributed by atoms with Crippen molar-refractivity contribution in [3.8, 4) is 0 Å². The van der Waals surface area contributed by atoms with Gasteiger partial charge in [-0.15, -0.1) is 0 Å². The summed E-state index contributed by atoms with van der Waals surface area (Å²) in [6, 6.07) is 0.678. The van der Waals surface area contributed by atoms with Crippen molar-refractivity contribution >= 4 is 6.34 Å². The first-order valence-corrected chi connectivity index (χ1v) is 5.62. The van der Waals surface area contributed by atoms with E-state index in [4.69, 9.17) is 0 Å². The lowest BCUT2D eigenvalue weighted by Crippen LogP contribution is -2.48. The van der Waals surface area contributed by atoms with Crippen LogP contribution in [0, 0.1) is 0 Å². The van der Waals surface area contributed by atoms with Crippen LogP contribution in [0.2, 0.25) is 0 Å². The maximum Gasteiger partial charge on any atom is 0.124 e. The van der Waals surface area contributed by atoms with E-state index in [1.165, 1.54) is 12.8 Å². The van der Waals surface area contributed by atoms with Crippen LogP contribution in [0.15, 0.2) is 17.3 Å². The molecule has 0 bridgehead atoms. The Labute approximate surface area is 91.7 Å². The van der Waals surface area contributed by atoms with Crippen LogP contribution in [-0.4, -0.2) is 55.5 Å². The Morgan fingerprint density at radius 1 is 1.47 bits per heavy atom. The van der Waals surface area contributed by atoms with Crippen LogP contribution < -0.4 is 5.32 Å². The molecule has 1 fully saturated rings. The third-order valence-corrected chi connectivity index (χ3v) is 3.20. The second-order valence-corrected chi connectivity index (χ2v) is 4.47. The first kappa shape index (κ1) is 10.6. The third kappa shape index (κ3) is 2.58. The molecule has 0 aromatic carbocycles. The van der Waals surface area contributed by atoms with Crippen LogP contribution in [-0.2, 0) is 0 Å². The summed E-state index contributed by atoms with van der Waals surface area (Å²) in [5.41, 5.74) is 0. The van der Waals surface area contributed by atoms with Crippen LogP contribution in [0.4, 0.5) is 0 Å². The van der Waals surface area contributed by atoms with Gasteiger partial charge in [0.15, 0.2) is 0 Å². The number of rotatable bonds is 2. The molecule has 1 N–H and O–H groups in total. The summed E-state index contributed by atoms with van der Waals surface area (Å²) in [5.74, 6) is 0. The molecular weight excluding hydrogens is 188 g/mol. The molecule has 4 heteroatoms. The average Bonchev–Trinajstić information content (AvgIpc) is 2.30. The summed E-state index contributed by atoms with van der Waals surface area (Å²) in [6.07, 6.45) is 8.70. The van der Waals surface area contributed by atoms with E-state index in [2.05, 4.69) is 40.3 Å². The lowest BCUT2D eigenvalue weighted by atomic mass is 10.0. The van der Waals surface area contributed by atoms with Crippen LogP contribution in [0.3, 0.4) is 0 Å². The normalized spacial score (nSPS) is 31.9. The molecule has 2 heterocycles. The van der Waals surface area contributed by atoms with E-state index in [1.54, 1.807) is 6.34 Å². The second-order valence-electron chi connectivity index (χ2n) is 4.47. The number of aliphatic imine (C=N–C) groups is 1. The zero-order valence-electron chi connectivity index (χ0n) is 9.56. The molecule has 2 aliphatic heterocycles. The van der Waals surface area contributed by atoms with Crippen molar-refractivity contribution < 1.29 is 0 Å². The molecule has 2 unspecified atom stereocenters. The van der Waals surface area contributed by atoms with Gasteiger partial charge in [-0.3, -0.25) is 9.89 Å². The molecular formula is C11H20N4. The molecule has 15 heavy (non-hydrogen) atoms. The number of hydrogen-bond donors (Lipinski definition) is 1. The van der Waals surface area contributed by atoms with Gasteiger partial charge in [-0.05, 0) is 33.0 Å². The van der Waals surface area contributed by atoms with Gasteiger partial charge < -0.3 is 10.2 Å². The molecule has 0 aromatic rings. The molecule has 1 saturated heterocycles. The summed E-state index contributed by atoms with van der Waals surface area (Å²) in [7, 11) is 4.32.